The summed E-state index contributed by atoms with van der Waals surface area (Å²) in [6, 6.07) is 20.4. The quantitative estimate of drug-likeness (QED) is 0.556. The van der Waals surface area contributed by atoms with Gasteiger partial charge in [-0.25, -0.2) is 0 Å². The lowest BCUT2D eigenvalue weighted by Gasteiger charge is -2.31. The number of anilines is 1. The maximum atomic E-state index is 6.59. The molecule has 1 N–H and O–H groups in total. The monoisotopic (exact) mass is 394 g/mol. The molecule has 0 amide bonds. The average molecular weight is 395 g/mol. The highest BCUT2D eigenvalue weighted by Gasteiger charge is 2.28. The van der Waals surface area contributed by atoms with Crippen LogP contribution in [-0.4, -0.2) is 6.21 Å². The van der Waals surface area contributed by atoms with Crippen molar-refractivity contribution in [2.24, 2.45) is 4.99 Å². The molecular weight excluding hydrogens is 368 g/mol. The molecule has 2 aromatic rings. The maximum Gasteiger partial charge on any atom is 0.135 e. The topological polar surface area (TPSA) is 33.6 Å². The summed E-state index contributed by atoms with van der Waals surface area (Å²) in [5.41, 5.74) is 7.17. The first-order valence-electron chi connectivity index (χ1n) is 10.8. The van der Waals surface area contributed by atoms with E-state index in [0.717, 1.165) is 61.4 Å². The van der Waals surface area contributed by atoms with E-state index < -0.39 is 0 Å². The molecule has 0 aromatic heterocycles. The number of para-hydroxylation sites is 2. The second-order valence-corrected chi connectivity index (χ2v) is 7.96. The standard InChI is InChI=1S/C27H26N2O/c1-3-13-24(14-4-1)28-18-22-11-7-9-20-17-21-10-8-12-23(27(21)30-26(20)22)19-29-25-15-5-2-6-16-25/h1-6,13-19,28H,7-12H2/b22-18+,29-19?. The molecule has 3 aliphatic rings. The van der Waals surface area contributed by atoms with E-state index in [0.29, 0.717) is 0 Å². The Morgan fingerprint density at radius 3 is 2.40 bits per heavy atom. The third kappa shape index (κ3) is 4.02. The van der Waals surface area contributed by atoms with Crippen molar-refractivity contribution < 1.29 is 4.74 Å². The highest BCUT2D eigenvalue weighted by molar-refractivity contribution is 5.83. The molecule has 0 bridgehead atoms. The maximum absolute atomic E-state index is 6.59. The van der Waals surface area contributed by atoms with Crippen LogP contribution in [0.3, 0.4) is 0 Å². The lowest BCUT2D eigenvalue weighted by molar-refractivity contribution is 0.293. The van der Waals surface area contributed by atoms with Crippen LogP contribution >= 0.6 is 0 Å². The van der Waals surface area contributed by atoms with Gasteiger partial charge in [0.05, 0.1) is 5.69 Å². The second kappa shape index (κ2) is 8.58. The Balaban J connectivity index is 1.44. The zero-order valence-electron chi connectivity index (χ0n) is 17.1. The highest BCUT2D eigenvalue weighted by Crippen LogP contribution is 2.42. The molecule has 5 rings (SSSR count). The Bertz CT molecular complexity index is 1070. The van der Waals surface area contributed by atoms with Crippen LogP contribution in [0.15, 0.2) is 112 Å². The van der Waals surface area contributed by atoms with Crippen LogP contribution in [0, 0.1) is 0 Å². The molecule has 0 spiro atoms. The van der Waals surface area contributed by atoms with E-state index in [1.54, 1.807) is 0 Å². The zero-order valence-corrected chi connectivity index (χ0v) is 17.1. The van der Waals surface area contributed by atoms with Gasteiger partial charge in [0.25, 0.3) is 0 Å². The summed E-state index contributed by atoms with van der Waals surface area (Å²) >= 11 is 0. The van der Waals surface area contributed by atoms with Crippen molar-refractivity contribution in [2.45, 2.75) is 38.5 Å². The van der Waals surface area contributed by atoms with Crippen molar-refractivity contribution in [2.75, 3.05) is 5.32 Å². The molecule has 0 saturated carbocycles. The number of aliphatic imine (C=N–C) groups is 1. The van der Waals surface area contributed by atoms with Gasteiger partial charge in [0.1, 0.15) is 11.5 Å². The Kier molecular flexibility index (Phi) is 5.34. The predicted octanol–water partition coefficient (Wildman–Crippen LogP) is 7.22. The van der Waals surface area contributed by atoms with Crippen molar-refractivity contribution in [3.8, 4) is 0 Å². The van der Waals surface area contributed by atoms with Crippen LogP contribution in [-0.2, 0) is 4.74 Å². The fourth-order valence-corrected chi connectivity index (χ4v) is 4.29. The molecule has 1 aliphatic heterocycles. The molecule has 0 saturated heterocycles. The Morgan fingerprint density at radius 2 is 1.57 bits per heavy atom. The number of ether oxygens (including phenoxy) is 1. The van der Waals surface area contributed by atoms with E-state index in [-0.39, 0.29) is 0 Å². The molecule has 2 aromatic carbocycles. The van der Waals surface area contributed by atoms with Gasteiger partial charge < -0.3 is 10.1 Å². The van der Waals surface area contributed by atoms with Gasteiger partial charge in [0.2, 0.25) is 0 Å². The second-order valence-electron chi connectivity index (χ2n) is 7.96. The van der Waals surface area contributed by atoms with Crippen LogP contribution in [0.2, 0.25) is 0 Å². The van der Waals surface area contributed by atoms with E-state index >= 15 is 0 Å². The first-order valence-corrected chi connectivity index (χ1v) is 10.8. The first-order chi connectivity index (χ1) is 14.9. The van der Waals surface area contributed by atoms with Gasteiger partial charge >= 0.3 is 0 Å². The van der Waals surface area contributed by atoms with Gasteiger partial charge in [-0.15, -0.1) is 0 Å². The molecule has 0 fully saturated rings. The van der Waals surface area contributed by atoms with Crippen molar-refractivity contribution in [3.63, 3.8) is 0 Å². The summed E-state index contributed by atoms with van der Waals surface area (Å²) in [6.45, 7) is 0. The fraction of sp³-hybridized carbons (Fsp3) is 0.222. The lowest BCUT2D eigenvalue weighted by Crippen LogP contribution is -2.16. The normalized spacial score (nSPS) is 20.0. The van der Waals surface area contributed by atoms with Crippen molar-refractivity contribution >= 4 is 17.6 Å². The smallest absolute Gasteiger partial charge is 0.135 e. The van der Waals surface area contributed by atoms with Crippen LogP contribution in [0.1, 0.15) is 38.5 Å². The van der Waals surface area contributed by atoms with Crippen LogP contribution < -0.4 is 5.32 Å². The Hall–Kier alpha value is -3.33. The number of allylic oxidation sites excluding steroid dienone is 5. The zero-order chi connectivity index (χ0) is 20.2. The molecule has 30 heavy (non-hydrogen) atoms. The number of rotatable bonds is 4. The fourth-order valence-electron chi connectivity index (χ4n) is 4.29. The van der Waals surface area contributed by atoms with E-state index in [1.807, 2.05) is 54.7 Å². The third-order valence-electron chi connectivity index (χ3n) is 5.82. The molecule has 3 heteroatoms. The summed E-state index contributed by atoms with van der Waals surface area (Å²) in [7, 11) is 0. The molecule has 0 radical (unpaired) electrons. The lowest BCUT2D eigenvalue weighted by atomic mass is 9.86. The molecule has 2 aliphatic carbocycles. The summed E-state index contributed by atoms with van der Waals surface area (Å²) < 4.78 is 6.59. The molecule has 0 unspecified atom stereocenters. The van der Waals surface area contributed by atoms with Gasteiger partial charge in [-0.1, -0.05) is 36.4 Å². The number of nitrogens with zero attached hydrogens (tertiary/aromatic N) is 1. The summed E-state index contributed by atoms with van der Waals surface area (Å²) in [4.78, 5) is 4.69. The van der Waals surface area contributed by atoms with Gasteiger partial charge in [-0.05, 0) is 80.0 Å². The van der Waals surface area contributed by atoms with Crippen LogP contribution in [0.5, 0.6) is 0 Å². The molecule has 3 nitrogen and oxygen atoms in total. The number of hydrogen-bond acceptors (Lipinski definition) is 3. The van der Waals surface area contributed by atoms with Crippen LogP contribution in [0.4, 0.5) is 11.4 Å². The third-order valence-corrected chi connectivity index (χ3v) is 5.82. The number of hydrogen-bond donors (Lipinski definition) is 1. The molecular formula is C27H26N2O. The minimum atomic E-state index is 0.975. The largest absolute Gasteiger partial charge is 0.456 e. The molecule has 150 valence electrons. The van der Waals surface area contributed by atoms with E-state index in [4.69, 9.17) is 4.74 Å². The summed E-state index contributed by atoms with van der Waals surface area (Å²) in [5, 5.41) is 3.44. The summed E-state index contributed by atoms with van der Waals surface area (Å²) in [5.74, 6) is 2.06. The first kappa shape index (κ1) is 18.7. The van der Waals surface area contributed by atoms with Gasteiger partial charge in [0, 0.05) is 29.2 Å². The number of fused-ring (bicyclic) bond motifs is 1. The Labute approximate surface area is 178 Å². The predicted molar refractivity (Wildman–Crippen MR) is 124 cm³/mol. The average Bonchev–Trinajstić information content (AvgIpc) is 2.81. The van der Waals surface area contributed by atoms with Gasteiger partial charge in [-0.2, -0.15) is 0 Å². The van der Waals surface area contributed by atoms with Crippen molar-refractivity contribution in [3.05, 3.63) is 107 Å². The summed E-state index contributed by atoms with van der Waals surface area (Å²) in [6.07, 6.45) is 13.0. The Morgan fingerprint density at radius 1 is 0.800 bits per heavy atom. The number of nitrogens with one attached hydrogen (secondary N) is 1. The SMILES string of the molecule is C(=Nc1ccccc1)C1=C2OC3=C(C=C2CCC1)CCC/C3=C\Nc1ccccc1. The molecule has 0 atom stereocenters. The minimum absolute atomic E-state index is 0.975. The van der Waals surface area contributed by atoms with Gasteiger partial charge in [0.15, 0.2) is 0 Å². The van der Waals surface area contributed by atoms with E-state index in [9.17, 15) is 0 Å². The molecule has 1 heterocycles. The highest BCUT2D eigenvalue weighted by atomic mass is 16.5. The number of benzene rings is 2. The minimum Gasteiger partial charge on any atom is -0.456 e. The van der Waals surface area contributed by atoms with Gasteiger partial charge in [-0.3, -0.25) is 4.99 Å². The van der Waals surface area contributed by atoms with Crippen molar-refractivity contribution in [1.82, 2.24) is 0 Å². The van der Waals surface area contributed by atoms with E-state index in [2.05, 4.69) is 34.7 Å². The van der Waals surface area contributed by atoms with Crippen molar-refractivity contribution in [1.29, 1.82) is 0 Å². The van der Waals surface area contributed by atoms with E-state index in [1.165, 1.54) is 22.3 Å². The van der Waals surface area contributed by atoms with Crippen LogP contribution in [0.25, 0.3) is 0 Å².